The van der Waals surface area contributed by atoms with Crippen molar-refractivity contribution in [2.45, 2.75) is 13.0 Å². The molecule has 0 bridgehead atoms. The van der Waals surface area contributed by atoms with Gasteiger partial charge in [0.05, 0.1) is 13.4 Å². The molecule has 0 saturated carbocycles. The first-order valence-electron chi connectivity index (χ1n) is 7.35. The van der Waals surface area contributed by atoms with Gasteiger partial charge >= 0.3 is 0 Å². The van der Waals surface area contributed by atoms with Crippen molar-refractivity contribution >= 4 is 29.9 Å². The standard InChI is InChI=1S/C16H23N5O.HI/c1-17-16(20-10-12-21-11-9-18-13-21)19-8-7-14-3-5-15(22-2)6-4-14;/h3-6,9,11,13H,7-8,10,12H2,1-2H3,(H2,17,19,20);1H. The van der Waals surface area contributed by atoms with E-state index in [0.29, 0.717) is 0 Å². The zero-order chi connectivity index (χ0) is 15.6. The van der Waals surface area contributed by atoms with Crippen LogP contribution >= 0.6 is 24.0 Å². The molecule has 0 aliphatic heterocycles. The Morgan fingerprint density at radius 3 is 2.57 bits per heavy atom. The van der Waals surface area contributed by atoms with Crippen LogP contribution in [0.15, 0.2) is 48.0 Å². The molecule has 0 saturated heterocycles. The SMILES string of the molecule is CN=C(NCCc1ccc(OC)cc1)NCCn1ccnc1.I. The maximum Gasteiger partial charge on any atom is 0.191 e. The van der Waals surface area contributed by atoms with E-state index in [2.05, 4.69) is 32.7 Å². The van der Waals surface area contributed by atoms with Crippen molar-refractivity contribution in [1.82, 2.24) is 20.2 Å². The summed E-state index contributed by atoms with van der Waals surface area (Å²) >= 11 is 0. The first-order chi connectivity index (χ1) is 10.8. The molecule has 2 N–H and O–H groups in total. The first kappa shape index (κ1) is 19.3. The van der Waals surface area contributed by atoms with Crippen LogP contribution in [-0.2, 0) is 13.0 Å². The van der Waals surface area contributed by atoms with E-state index in [9.17, 15) is 0 Å². The predicted molar refractivity (Wildman–Crippen MR) is 104 cm³/mol. The highest BCUT2D eigenvalue weighted by molar-refractivity contribution is 14.0. The Hall–Kier alpha value is -1.77. The number of aromatic nitrogens is 2. The van der Waals surface area contributed by atoms with E-state index in [1.807, 2.05) is 29.2 Å². The monoisotopic (exact) mass is 429 g/mol. The minimum absolute atomic E-state index is 0. The number of methoxy groups -OCH3 is 1. The molecule has 0 aliphatic rings. The molecule has 7 heteroatoms. The number of hydrogen-bond donors (Lipinski definition) is 2. The number of benzene rings is 1. The molecule has 23 heavy (non-hydrogen) atoms. The lowest BCUT2D eigenvalue weighted by Crippen LogP contribution is -2.39. The van der Waals surface area contributed by atoms with Crippen molar-refractivity contribution in [3.05, 3.63) is 48.5 Å². The number of imidazole rings is 1. The summed E-state index contributed by atoms with van der Waals surface area (Å²) in [4.78, 5) is 8.23. The van der Waals surface area contributed by atoms with Crippen LogP contribution in [0.25, 0.3) is 0 Å². The highest BCUT2D eigenvalue weighted by atomic mass is 127. The van der Waals surface area contributed by atoms with Gasteiger partial charge in [0.15, 0.2) is 5.96 Å². The molecule has 6 nitrogen and oxygen atoms in total. The third kappa shape index (κ3) is 6.89. The van der Waals surface area contributed by atoms with Gasteiger partial charge in [-0.2, -0.15) is 0 Å². The zero-order valence-electron chi connectivity index (χ0n) is 13.5. The molecular formula is C16H24IN5O. The minimum atomic E-state index is 0. The lowest BCUT2D eigenvalue weighted by atomic mass is 10.1. The van der Waals surface area contributed by atoms with Crippen molar-refractivity contribution < 1.29 is 4.74 Å². The van der Waals surface area contributed by atoms with E-state index < -0.39 is 0 Å². The van der Waals surface area contributed by atoms with Gasteiger partial charge in [0.1, 0.15) is 5.75 Å². The molecule has 2 rings (SSSR count). The summed E-state index contributed by atoms with van der Waals surface area (Å²) < 4.78 is 7.18. The highest BCUT2D eigenvalue weighted by Gasteiger charge is 1.99. The van der Waals surface area contributed by atoms with E-state index >= 15 is 0 Å². The number of rotatable bonds is 7. The molecule has 0 fully saturated rings. The van der Waals surface area contributed by atoms with Crippen LogP contribution in [0.4, 0.5) is 0 Å². The summed E-state index contributed by atoms with van der Waals surface area (Å²) in [6, 6.07) is 8.12. The van der Waals surface area contributed by atoms with Crippen LogP contribution in [0, 0.1) is 0 Å². The highest BCUT2D eigenvalue weighted by Crippen LogP contribution is 2.11. The smallest absolute Gasteiger partial charge is 0.191 e. The van der Waals surface area contributed by atoms with E-state index in [4.69, 9.17) is 4.74 Å². The number of hydrogen-bond acceptors (Lipinski definition) is 3. The molecule has 0 amide bonds. The van der Waals surface area contributed by atoms with Gasteiger partial charge in [-0.3, -0.25) is 4.99 Å². The molecule has 126 valence electrons. The summed E-state index contributed by atoms with van der Waals surface area (Å²) in [7, 11) is 3.45. The van der Waals surface area contributed by atoms with Crippen molar-refractivity contribution in [2.24, 2.45) is 4.99 Å². The van der Waals surface area contributed by atoms with Gasteiger partial charge in [-0.05, 0) is 24.1 Å². The van der Waals surface area contributed by atoms with Gasteiger partial charge in [-0.1, -0.05) is 12.1 Å². The lowest BCUT2D eigenvalue weighted by molar-refractivity contribution is 0.414. The van der Waals surface area contributed by atoms with Crippen molar-refractivity contribution in [3.63, 3.8) is 0 Å². The second-order valence-electron chi connectivity index (χ2n) is 4.82. The van der Waals surface area contributed by atoms with Crippen molar-refractivity contribution in [1.29, 1.82) is 0 Å². The minimum Gasteiger partial charge on any atom is -0.497 e. The first-order valence-corrected chi connectivity index (χ1v) is 7.35. The maximum atomic E-state index is 5.15. The van der Waals surface area contributed by atoms with Crippen LogP contribution in [0.3, 0.4) is 0 Å². The number of nitrogens with one attached hydrogen (secondary N) is 2. The zero-order valence-corrected chi connectivity index (χ0v) is 15.9. The van der Waals surface area contributed by atoms with Crippen LogP contribution in [-0.4, -0.2) is 42.8 Å². The fraction of sp³-hybridized carbons (Fsp3) is 0.375. The second-order valence-corrected chi connectivity index (χ2v) is 4.82. The third-order valence-electron chi connectivity index (χ3n) is 3.31. The fourth-order valence-electron chi connectivity index (χ4n) is 2.06. The van der Waals surface area contributed by atoms with Gasteiger partial charge in [0.25, 0.3) is 0 Å². The third-order valence-corrected chi connectivity index (χ3v) is 3.31. The molecular weight excluding hydrogens is 405 g/mol. The Labute approximate surface area is 154 Å². The molecule has 0 spiro atoms. The Bertz CT molecular complexity index is 569. The second kappa shape index (κ2) is 10.9. The Morgan fingerprint density at radius 1 is 1.22 bits per heavy atom. The average molecular weight is 429 g/mol. The summed E-state index contributed by atoms with van der Waals surface area (Å²) in [6.45, 7) is 2.49. The van der Waals surface area contributed by atoms with Crippen LogP contribution in [0.2, 0.25) is 0 Å². The molecule has 0 radical (unpaired) electrons. The number of ether oxygens (including phenoxy) is 1. The van der Waals surface area contributed by atoms with Crippen molar-refractivity contribution in [2.75, 3.05) is 27.2 Å². The van der Waals surface area contributed by atoms with Gasteiger partial charge in [-0.25, -0.2) is 4.98 Å². The summed E-state index contributed by atoms with van der Waals surface area (Å²) in [6.07, 6.45) is 6.47. The summed E-state index contributed by atoms with van der Waals surface area (Å²) in [5.41, 5.74) is 1.27. The average Bonchev–Trinajstić information content (AvgIpc) is 3.07. The van der Waals surface area contributed by atoms with Crippen LogP contribution in [0.1, 0.15) is 5.56 Å². The molecule has 1 aromatic carbocycles. The summed E-state index contributed by atoms with van der Waals surface area (Å²) in [5.74, 6) is 1.70. The molecule has 2 aromatic rings. The maximum absolute atomic E-state index is 5.15. The van der Waals surface area contributed by atoms with Crippen molar-refractivity contribution in [3.8, 4) is 5.75 Å². The van der Waals surface area contributed by atoms with E-state index in [1.54, 1.807) is 20.4 Å². The molecule has 1 aromatic heterocycles. The normalized spacial score (nSPS) is 10.8. The quantitative estimate of drug-likeness (QED) is 0.401. The largest absolute Gasteiger partial charge is 0.497 e. The van der Waals surface area contributed by atoms with Gasteiger partial charge < -0.3 is 19.9 Å². The predicted octanol–water partition coefficient (Wildman–Crippen LogP) is 1.92. The number of nitrogens with zero attached hydrogens (tertiary/aromatic N) is 3. The van der Waals surface area contributed by atoms with Gasteiger partial charge in [0.2, 0.25) is 0 Å². The molecule has 0 unspecified atom stereocenters. The summed E-state index contributed by atoms with van der Waals surface area (Å²) in [5, 5.41) is 6.59. The number of halogens is 1. The van der Waals surface area contributed by atoms with Gasteiger partial charge in [-0.15, -0.1) is 24.0 Å². The van der Waals surface area contributed by atoms with E-state index in [-0.39, 0.29) is 24.0 Å². The number of guanidine groups is 1. The molecule has 0 aliphatic carbocycles. The van der Waals surface area contributed by atoms with Crippen LogP contribution < -0.4 is 15.4 Å². The van der Waals surface area contributed by atoms with Gasteiger partial charge in [0, 0.05) is 39.1 Å². The lowest BCUT2D eigenvalue weighted by Gasteiger charge is -2.12. The molecule has 0 atom stereocenters. The topological polar surface area (TPSA) is 63.5 Å². The molecule has 1 heterocycles. The van der Waals surface area contributed by atoms with E-state index in [0.717, 1.165) is 37.8 Å². The van der Waals surface area contributed by atoms with E-state index in [1.165, 1.54) is 5.56 Å². The Kier molecular flexibility index (Phi) is 9.11. The van der Waals surface area contributed by atoms with Crippen LogP contribution in [0.5, 0.6) is 5.75 Å². The number of aliphatic imine (C=N–C) groups is 1. The Morgan fingerprint density at radius 2 is 1.96 bits per heavy atom. The fourth-order valence-corrected chi connectivity index (χ4v) is 2.06. The Balaban J connectivity index is 0.00000264.